The Bertz CT molecular complexity index is 821. The zero-order chi connectivity index (χ0) is 16.4. The fourth-order valence-corrected chi connectivity index (χ4v) is 2.99. The fraction of sp³-hybridized carbons (Fsp3) is 0.333. The highest BCUT2D eigenvalue weighted by Gasteiger charge is 2.14. The summed E-state index contributed by atoms with van der Waals surface area (Å²) in [5, 5.41) is 4.07. The van der Waals surface area contributed by atoms with Gasteiger partial charge in [-0.3, -0.25) is 0 Å². The molecule has 0 amide bonds. The van der Waals surface area contributed by atoms with Crippen LogP contribution in [0.4, 0.5) is 5.69 Å². The minimum atomic E-state index is 0.413. The molecule has 24 heavy (non-hydrogen) atoms. The van der Waals surface area contributed by atoms with E-state index < -0.39 is 0 Å². The van der Waals surface area contributed by atoms with Crippen molar-refractivity contribution in [2.45, 2.75) is 26.2 Å². The molecule has 1 saturated heterocycles. The molecule has 0 radical (unpaired) electrons. The molecule has 1 aliphatic rings. The molecule has 0 bridgehead atoms. The molecule has 3 aromatic rings. The Morgan fingerprint density at radius 3 is 2.50 bits per heavy atom. The van der Waals surface area contributed by atoms with Crippen molar-refractivity contribution < 1.29 is 4.52 Å². The fourth-order valence-electron chi connectivity index (χ4n) is 2.99. The van der Waals surface area contributed by atoms with E-state index in [1.165, 1.54) is 24.9 Å². The number of aryl methyl sites for hydroxylation is 1. The average molecular weight is 321 g/mol. The molecular weight excluding hydrogens is 302 g/mol. The molecule has 1 aliphatic heterocycles. The number of anilines is 1. The van der Waals surface area contributed by atoms with Crippen molar-refractivity contribution in [1.82, 2.24) is 20.1 Å². The summed E-state index contributed by atoms with van der Waals surface area (Å²) < 4.78 is 5.34. The minimum absolute atomic E-state index is 0.413. The van der Waals surface area contributed by atoms with E-state index in [0.717, 1.165) is 18.7 Å². The zero-order valence-corrected chi connectivity index (χ0v) is 13.6. The maximum Gasteiger partial charge on any atom is 0.276 e. The SMILES string of the molecule is Cc1nccc(-c2nc(-c3ccc(N4CCCCC4)cc3)no2)n1. The van der Waals surface area contributed by atoms with Crippen LogP contribution >= 0.6 is 0 Å². The van der Waals surface area contributed by atoms with Gasteiger partial charge in [0.25, 0.3) is 5.89 Å². The molecule has 0 spiro atoms. The first-order valence-corrected chi connectivity index (χ1v) is 8.29. The maximum absolute atomic E-state index is 5.34. The van der Waals surface area contributed by atoms with Crippen LogP contribution in [0, 0.1) is 6.92 Å². The second kappa shape index (κ2) is 6.39. The number of hydrogen-bond donors (Lipinski definition) is 0. The van der Waals surface area contributed by atoms with Crippen molar-refractivity contribution in [3.63, 3.8) is 0 Å². The van der Waals surface area contributed by atoms with E-state index in [-0.39, 0.29) is 0 Å². The van der Waals surface area contributed by atoms with E-state index in [4.69, 9.17) is 4.52 Å². The predicted molar refractivity (Wildman–Crippen MR) is 91.6 cm³/mol. The average Bonchev–Trinajstić information content (AvgIpc) is 3.13. The number of aromatic nitrogens is 4. The van der Waals surface area contributed by atoms with Crippen LogP contribution in [0.2, 0.25) is 0 Å². The van der Waals surface area contributed by atoms with E-state index in [2.05, 4.69) is 37.1 Å². The van der Waals surface area contributed by atoms with Crippen molar-refractivity contribution in [2.24, 2.45) is 0 Å². The van der Waals surface area contributed by atoms with E-state index in [0.29, 0.717) is 23.2 Å². The summed E-state index contributed by atoms with van der Waals surface area (Å²) >= 11 is 0. The number of benzene rings is 1. The zero-order valence-electron chi connectivity index (χ0n) is 13.6. The lowest BCUT2D eigenvalue weighted by Crippen LogP contribution is -2.29. The van der Waals surface area contributed by atoms with Gasteiger partial charge >= 0.3 is 0 Å². The molecule has 6 nitrogen and oxygen atoms in total. The van der Waals surface area contributed by atoms with Crippen LogP contribution in [0.3, 0.4) is 0 Å². The summed E-state index contributed by atoms with van der Waals surface area (Å²) in [5.74, 6) is 1.67. The smallest absolute Gasteiger partial charge is 0.276 e. The third kappa shape index (κ3) is 2.99. The maximum atomic E-state index is 5.34. The topological polar surface area (TPSA) is 67.9 Å². The van der Waals surface area contributed by atoms with Crippen LogP contribution in [0.25, 0.3) is 23.0 Å². The van der Waals surface area contributed by atoms with Crippen LogP contribution in [-0.4, -0.2) is 33.2 Å². The van der Waals surface area contributed by atoms with Gasteiger partial charge in [-0.15, -0.1) is 0 Å². The van der Waals surface area contributed by atoms with Gasteiger partial charge in [-0.1, -0.05) is 5.16 Å². The van der Waals surface area contributed by atoms with Crippen LogP contribution < -0.4 is 4.90 Å². The van der Waals surface area contributed by atoms with Gasteiger partial charge < -0.3 is 9.42 Å². The van der Waals surface area contributed by atoms with Gasteiger partial charge in [0, 0.05) is 30.5 Å². The highest BCUT2D eigenvalue weighted by atomic mass is 16.5. The Kier molecular flexibility index (Phi) is 3.94. The van der Waals surface area contributed by atoms with Gasteiger partial charge in [0.1, 0.15) is 11.5 Å². The molecule has 0 N–H and O–H groups in total. The Labute approximate surface area is 140 Å². The summed E-state index contributed by atoms with van der Waals surface area (Å²) in [4.78, 5) is 15.3. The van der Waals surface area contributed by atoms with Gasteiger partial charge in [0.15, 0.2) is 0 Å². The standard InChI is InChI=1S/C18H19N5O/c1-13-19-10-9-16(20-13)18-21-17(22-24-18)14-5-7-15(8-6-14)23-11-3-2-4-12-23/h5-10H,2-4,11-12H2,1H3. The lowest BCUT2D eigenvalue weighted by atomic mass is 10.1. The van der Waals surface area contributed by atoms with Crippen LogP contribution in [0.15, 0.2) is 41.1 Å². The number of rotatable bonds is 3. The largest absolute Gasteiger partial charge is 0.372 e. The lowest BCUT2D eigenvalue weighted by Gasteiger charge is -2.28. The summed E-state index contributed by atoms with van der Waals surface area (Å²) in [5.41, 5.74) is 2.84. The van der Waals surface area contributed by atoms with Crippen LogP contribution in [0.5, 0.6) is 0 Å². The summed E-state index contributed by atoms with van der Waals surface area (Å²) in [6.07, 6.45) is 5.57. The van der Waals surface area contributed by atoms with Gasteiger partial charge in [0.05, 0.1) is 0 Å². The monoisotopic (exact) mass is 321 g/mol. The van der Waals surface area contributed by atoms with Gasteiger partial charge in [-0.05, 0) is 56.5 Å². The van der Waals surface area contributed by atoms with Crippen molar-refractivity contribution in [3.8, 4) is 23.0 Å². The van der Waals surface area contributed by atoms with Crippen molar-refractivity contribution in [3.05, 3.63) is 42.4 Å². The second-order valence-electron chi connectivity index (χ2n) is 6.01. The first-order valence-electron chi connectivity index (χ1n) is 8.29. The Morgan fingerprint density at radius 2 is 1.75 bits per heavy atom. The highest BCUT2D eigenvalue weighted by molar-refractivity contribution is 5.62. The van der Waals surface area contributed by atoms with Gasteiger partial charge in [-0.25, -0.2) is 9.97 Å². The molecule has 0 aliphatic carbocycles. The third-order valence-electron chi connectivity index (χ3n) is 4.27. The number of hydrogen-bond acceptors (Lipinski definition) is 6. The Hall–Kier alpha value is -2.76. The van der Waals surface area contributed by atoms with E-state index in [1.54, 1.807) is 12.3 Å². The number of nitrogens with zero attached hydrogens (tertiary/aromatic N) is 5. The lowest BCUT2D eigenvalue weighted by molar-refractivity contribution is 0.431. The van der Waals surface area contributed by atoms with E-state index >= 15 is 0 Å². The molecule has 4 rings (SSSR count). The quantitative estimate of drug-likeness (QED) is 0.735. The highest BCUT2D eigenvalue weighted by Crippen LogP contribution is 2.25. The normalized spacial score (nSPS) is 14.8. The van der Waals surface area contributed by atoms with Gasteiger partial charge in [0.2, 0.25) is 5.82 Å². The first kappa shape index (κ1) is 14.8. The summed E-state index contributed by atoms with van der Waals surface area (Å²) in [6.45, 7) is 4.11. The molecule has 1 aromatic carbocycles. The Balaban J connectivity index is 1.56. The Morgan fingerprint density at radius 1 is 0.958 bits per heavy atom. The molecule has 122 valence electrons. The van der Waals surface area contributed by atoms with Gasteiger partial charge in [-0.2, -0.15) is 4.98 Å². The van der Waals surface area contributed by atoms with E-state index in [9.17, 15) is 0 Å². The predicted octanol–water partition coefficient (Wildman–Crippen LogP) is 3.49. The number of piperidine rings is 1. The molecule has 2 aromatic heterocycles. The molecule has 0 unspecified atom stereocenters. The van der Waals surface area contributed by atoms with Crippen molar-refractivity contribution in [1.29, 1.82) is 0 Å². The second-order valence-corrected chi connectivity index (χ2v) is 6.01. The van der Waals surface area contributed by atoms with Crippen molar-refractivity contribution >= 4 is 5.69 Å². The molecule has 1 fully saturated rings. The van der Waals surface area contributed by atoms with Crippen molar-refractivity contribution in [2.75, 3.05) is 18.0 Å². The molecule has 0 saturated carbocycles. The molecule has 3 heterocycles. The summed E-state index contributed by atoms with van der Waals surface area (Å²) in [7, 11) is 0. The first-order chi connectivity index (χ1) is 11.8. The molecule has 6 heteroatoms. The third-order valence-corrected chi connectivity index (χ3v) is 4.27. The van der Waals surface area contributed by atoms with Crippen LogP contribution in [0.1, 0.15) is 25.1 Å². The molecular formula is C18H19N5O. The molecule has 0 atom stereocenters. The van der Waals surface area contributed by atoms with Crippen LogP contribution in [-0.2, 0) is 0 Å². The van der Waals surface area contributed by atoms with E-state index in [1.807, 2.05) is 19.1 Å². The minimum Gasteiger partial charge on any atom is -0.372 e. The summed E-state index contributed by atoms with van der Waals surface area (Å²) in [6, 6.07) is 10.1.